The first kappa shape index (κ1) is 19.9. The predicted molar refractivity (Wildman–Crippen MR) is 114 cm³/mol. The molecule has 29 heavy (non-hydrogen) atoms. The van der Waals surface area contributed by atoms with Crippen LogP contribution in [0.3, 0.4) is 0 Å². The first-order valence-corrected chi connectivity index (χ1v) is 10.6. The van der Waals surface area contributed by atoms with Crippen LogP contribution >= 0.6 is 0 Å². The number of ether oxygens (including phenoxy) is 1. The highest BCUT2D eigenvalue weighted by Gasteiger charge is 2.17. The average Bonchev–Trinajstić information content (AvgIpc) is 3.18. The van der Waals surface area contributed by atoms with Crippen molar-refractivity contribution in [2.45, 2.75) is 51.7 Å². The van der Waals surface area contributed by atoms with Gasteiger partial charge in [-0.1, -0.05) is 19.3 Å². The van der Waals surface area contributed by atoms with Gasteiger partial charge >= 0.3 is 0 Å². The van der Waals surface area contributed by atoms with Gasteiger partial charge in [0, 0.05) is 18.5 Å². The molecule has 2 aromatic heterocycles. The number of anilines is 1. The Morgan fingerprint density at radius 2 is 2.07 bits per heavy atom. The number of hydrogen-bond acceptors (Lipinski definition) is 6. The quantitative estimate of drug-likeness (QED) is 0.539. The van der Waals surface area contributed by atoms with Crippen LogP contribution in [0.25, 0.3) is 21.9 Å². The van der Waals surface area contributed by atoms with E-state index in [4.69, 9.17) is 14.8 Å². The molecular weight excluding hydrogens is 368 g/mol. The molecule has 7 heteroatoms. The molecule has 2 heterocycles. The lowest BCUT2D eigenvalue weighted by atomic mass is 9.89. The number of aliphatic hydroxyl groups excluding tert-OH is 2. The zero-order valence-electron chi connectivity index (χ0n) is 17.0. The number of benzene rings is 1. The lowest BCUT2D eigenvalue weighted by molar-refractivity contribution is 0.0536. The Labute approximate surface area is 170 Å². The van der Waals surface area contributed by atoms with Gasteiger partial charge < -0.3 is 20.3 Å². The fourth-order valence-corrected chi connectivity index (χ4v) is 4.14. The number of aryl methyl sites for hydroxylation is 1. The van der Waals surface area contributed by atoms with Gasteiger partial charge in [-0.2, -0.15) is 5.10 Å². The third-order valence-electron chi connectivity index (χ3n) is 5.79. The fourth-order valence-electron chi connectivity index (χ4n) is 4.14. The lowest BCUT2D eigenvalue weighted by Gasteiger charge is -2.23. The van der Waals surface area contributed by atoms with Crippen LogP contribution in [0, 0.1) is 5.92 Å². The summed E-state index contributed by atoms with van der Waals surface area (Å²) in [5.41, 5.74) is 2.81. The molecule has 1 aliphatic carbocycles. The maximum atomic E-state index is 9.58. The molecule has 1 saturated carbocycles. The Bertz CT molecular complexity index is 965. The highest BCUT2D eigenvalue weighted by molar-refractivity contribution is 6.06. The summed E-state index contributed by atoms with van der Waals surface area (Å²) >= 11 is 0. The largest absolute Gasteiger partial charge is 0.491 e. The van der Waals surface area contributed by atoms with Crippen molar-refractivity contribution >= 4 is 27.6 Å². The van der Waals surface area contributed by atoms with Gasteiger partial charge in [-0.15, -0.1) is 0 Å². The van der Waals surface area contributed by atoms with Crippen molar-refractivity contribution in [1.82, 2.24) is 14.8 Å². The zero-order chi connectivity index (χ0) is 20.2. The molecule has 1 aromatic carbocycles. The van der Waals surface area contributed by atoms with Gasteiger partial charge in [-0.25, -0.2) is 9.67 Å². The molecule has 0 bridgehead atoms. The summed E-state index contributed by atoms with van der Waals surface area (Å²) < 4.78 is 7.59. The number of aliphatic hydroxyl groups is 2. The number of nitrogens with zero attached hydrogens (tertiary/aromatic N) is 3. The summed E-state index contributed by atoms with van der Waals surface area (Å²) in [6, 6.07) is 5.75. The number of rotatable bonds is 8. The van der Waals surface area contributed by atoms with Crippen molar-refractivity contribution in [2.75, 3.05) is 25.1 Å². The second-order valence-electron chi connectivity index (χ2n) is 7.90. The Balaban J connectivity index is 1.70. The van der Waals surface area contributed by atoms with E-state index < -0.39 is 6.10 Å². The van der Waals surface area contributed by atoms with Crippen LogP contribution in [-0.4, -0.2) is 50.8 Å². The van der Waals surface area contributed by atoms with Gasteiger partial charge in [0.25, 0.3) is 0 Å². The predicted octanol–water partition coefficient (Wildman–Crippen LogP) is 3.33. The molecule has 0 aliphatic heterocycles. The summed E-state index contributed by atoms with van der Waals surface area (Å²) in [6.07, 6.45) is 7.54. The first-order chi connectivity index (χ1) is 14.2. The monoisotopic (exact) mass is 398 g/mol. The van der Waals surface area contributed by atoms with Gasteiger partial charge in [0.05, 0.1) is 29.4 Å². The number of nitrogens with one attached hydrogen (secondary N) is 1. The van der Waals surface area contributed by atoms with E-state index in [-0.39, 0.29) is 13.2 Å². The normalized spacial score (nSPS) is 16.4. The Morgan fingerprint density at radius 1 is 1.24 bits per heavy atom. The van der Waals surface area contributed by atoms with Gasteiger partial charge in [0.2, 0.25) is 0 Å². The third kappa shape index (κ3) is 4.31. The molecule has 0 spiro atoms. The SMILES string of the molecule is CCn1ncc2c(NCC3CCCCC3)c3cc(OCC(O)CO)ccc3nc21. The maximum Gasteiger partial charge on any atom is 0.160 e. The van der Waals surface area contributed by atoms with E-state index in [0.717, 1.165) is 40.7 Å². The fraction of sp³-hybridized carbons (Fsp3) is 0.545. The van der Waals surface area contributed by atoms with Crippen LogP contribution in [0.5, 0.6) is 5.75 Å². The van der Waals surface area contributed by atoms with Gasteiger partial charge in [0.15, 0.2) is 5.65 Å². The average molecular weight is 399 g/mol. The lowest BCUT2D eigenvalue weighted by Crippen LogP contribution is -2.21. The molecule has 7 nitrogen and oxygen atoms in total. The van der Waals surface area contributed by atoms with E-state index in [1.165, 1.54) is 32.1 Å². The minimum absolute atomic E-state index is 0.0519. The van der Waals surface area contributed by atoms with E-state index in [1.807, 2.05) is 29.1 Å². The van der Waals surface area contributed by atoms with E-state index in [0.29, 0.717) is 11.7 Å². The number of pyridine rings is 1. The van der Waals surface area contributed by atoms with Crippen molar-refractivity contribution in [3.05, 3.63) is 24.4 Å². The van der Waals surface area contributed by atoms with Crippen LogP contribution < -0.4 is 10.1 Å². The van der Waals surface area contributed by atoms with E-state index in [9.17, 15) is 5.11 Å². The molecule has 3 aromatic rings. The molecule has 0 radical (unpaired) electrons. The molecule has 1 fully saturated rings. The van der Waals surface area contributed by atoms with Crippen LogP contribution in [0.2, 0.25) is 0 Å². The summed E-state index contributed by atoms with van der Waals surface area (Å²) in [4.78, 5) is 4.83. The summed E-state index contributed by atoms with van der Waals surface area (Å²) in [5, 5.41) is 28.8. The molecular formula is C22H30N4O3. The third-order valence-corrected chi connectivity index (χ3v) is 5.79. The Hall–Kier alpha value is -2.38. The van der Waals surface area contributed by atoms with Crippen molar-refractivity contribution < 1.29 is 14.9 Å². The van der Waals surface area contributed by atoms with Crippen LogP contribution in [0.15, 0.2) is 24.4 Å². The van der Waals surface area contributed by atoms with Crippen molar-refractivity contribution in [1.29, 1.82) is 0 Å². The number of fused-ring (bicyclic) bond motifs is 2. The second-order valence-corrected chi connectivity index (χ2v) is 7.90. The molecule has 1 atom stereocenters. The molecule has 0 amide bonds. The second kappa shape index (κ2) is 8.97. The van der Waals surface area contributed by atoms with E-state index >= 15 is 0 Å². The number of aromatic nitrogens is 3. The molecule has 156 valence electrons. The molecule has 1 aliphatic rings. The summed E-state index contributed by atoms with van der Waals surface area (Å²) in [7, 11) is 0. The Morgan fingerprint density at radius 3 is 2.83 bits per heavy atom. The Kier molecular flexibility index (Phi) is 6.16. The van der Waals surface area contributed by atoms with Gasteiger partial charge in [0.1, 0.15) is 18.5 Å². The van der Waals surface area contributed by atoms with E-state index in [2.05, 4.69) is 17.3 Å². The topological polar surface area (TPSA) is 92.4 Å². The molecule has 3 N–H and O–H groups in total. The minimum Gasteiger partial charge on any atom is -0.491 e. The van der Waals surface area contributed by atoms with Gasteiger partial charge in [-0.05, 0) is 43.9 Å². The molecule has 0 saturated heterocycles. The molecule has 1 unspecified atom stereocenters. The number of hydrogen-bond donors (Lipinski definition) is 3. The minimum atomic E-state index is -0.891. The summed E-state index contributed by atoms with van der Waals surface area (Å²) in [6.45, 7) is 3.51. The maximum absolute atomic E-state index is 9.58. The van der Waals surface area contributed by atoms with Crippen molar-refractivity contribution in [3.8, 4) is 5.75 Å². The highest BCUT2D eigenvalue weighted by Crippen LogP contribution is 2.34. The molecule has 4 rings (SSSR count). The smallest absolute Gasteiger partial charge is 0.160 e. The van der Waals surface area contributed by atoms with Crippen LogP contribution in [-0.2, 0) is 6.54 Å². The highest BCUT2D eigenvalue weighted by atomic mass is 16.5. The van der Waals surface area contributed by atoms with Crippen molar-refractivity contribution in [3.63, 3.8) is 0 Å². The van der Waals surface area contributed by atoms with Crippen LogP contribution in [0.4, 0.5) is 5.69 Å². The van der Waals surface area contributed by atoms with Crippen molar-refractivity contribution in [2.24, 2.45) is 5.92 Å². The summed E-state index contributed by atoms with van der Waals surface area (Å²) in [5.74, 6) is 1.34. The van der Waals surface area contributed by atoms with Gasteiger partial charge in [-0.3, -0.25) is 0 Å². The van der Waals surface area contributed by atoms with E-state index in [1.54, 1.807) is 0 Å². The first-order valence-electron chi connectivity index (χ1n) is 10.6. The zero-order valence-corrected chi connectivity index (χ0v) is 17.0. The standard InChI is InChI=1S/C22H30N4O3/c1-2-26-22-19(12-24-26)21(23-11-15-6-4-3-5-7-15)18-10-17(8-9-20(18)25-22)29-14-16(28)13-27/h8-10,12,15-16,27-28H,2-7,11,13-14H2,1H3,(H,23,25). The van der Waals surface area contributed by atoms with Crippen LogP contribution in [0.1, 0.15) is 39.0 Å².